The molecule has 0 unspecified atom stereocenters. The van der Waals surface area contributed by atoms with Crippen LogP contribution < -0.4 is 0 Å². The zero-order valence-electron chi connectivity index (χ0n) is 12.2. The van der Waals surface area contributed by atoms with Crippen molar-refractivity contribution < 1.29 is 9.90 Å². The van der Waals surface area contributed by atoms with E-state index >= 15 is 0 Å². The fraction of sp³-hybridized carbons (Fsp3) is 0.667. The number of nitrogens with zero attached hydrogens (tertiary/aromatic N) is 3. The van der Waals surface area contributed by atoms with E-state index in [4.69, 9.17) is 0 Å². The van der Waals surface area contributed by atoms with Crippen molar-refractivity contribution in [2.24, 2.45) is 5.92 Å². The van der Waals surface area contributed by atoms with Crippen LogP contribution in [0.15, 0.2) is 18.6 Å². The number of aliphatic hydroxyl groups is 1. The predicted octanol–water partition coefficient (Wildman–Crippen LogP) is 1.42. The highest BCUT2D eigenvalue weighted by Crippen LogP contribution is 2.30. The summed E-state index contributed by atoms with van der Waals surface area (Å²) < 4.78 is 0. The number of carbonyl (C=O) groups is 1. The molecule has 0 aliphatic carbocycles. The zero-order valence-corrected chi connectivity index (χ0v) is 12.2. The highest BCUT2D eigenvalue weighted by Gasteiger charge is 2.37. The van der Waals surface area contributed by atoms with Crippen LogP contribution in [0.2, 0.25) is 0 Å². The average molecular weight is 277 g/mol. The molecule has 0 bridgehead atoms. The molecule has 1 aromatic rings. The lowest BCUT2D eigenvalue weighted by Gasteiger charge is -2.42. The Morgan fingerprint density at radius 3 is 3.00 bits per heavy atom. The fourth-order valence-corrected chi connectivity index (χ4v) is 2.77. The number of piperidine rings is 1. The Balaban J connectivity index is 1.87. The quantitative estimate of drug-likeness (QED) is 0.904. The first-order chi connectivity index (χ1) is 9.53. The van der Waals surface area contributed by atoms with Crippen molar-refractivity contribution in [2.45, 2.75) is 45.1 Å². The predicted molar refractivity (Wildman–Crippen MR) is 76.0 cm³/mol. The van der Waals surface area contributed by atoms with Crippen molar-refractivity contribution in [3.63, 3.8) is 0 Å². The molecule has 5 nitrogen and oxygen atoms in total. The van der Waals surface area contributed by atoms with Crippen LogP contribution in [0.3, 0.4) is 0 Å². The van der Waals surface area contributed by atoms with Gasteiger partial charge < -0.3 is 10.0 Å². The maximum absolute atomic E-state index is 12.2. The monoisotopic (exact) mass is 277 g/mol. The van der Waals surface area contributed by atoms with Crippen molar-refractivity contribution in [3.05, 3.63) is 24.3 Å². The van der Waals surface area contributed by atoms with Gasteiger partial charge in [0, 0.05) is 44.0 Å². The van der Waals surface area contributed by atoms with Crippen molar-refractivity contribution >= 4 is 5.91 Å². The second-order valence-electron chi connectivity index (χ2n) is 5.75. The minimum atomic E-state index is -0.642. The third kappa shape index (κ3) is 3.54. The topological polar surface area (TPSA) is 66.3 Å². The zero-order chi connectivity index (χ0) is 14.6. The number of hydrogen-bond donors (Lipinski definition) is 1. The SMILES string of the molecule is CC[C@@H]1CN(C(=O)CCc2cnccn2)CC[C@]1(C)O. The number of hydrogen-bond acceptors (Lipinski definition) is 4. The lowest BCUT2D eigenvalue weighted by atomic mass is 9.81. The van der Waals surface area contributed by atoms with Crippen LogP contribution in [0.25, 0.3) is 0 Å². The van der Waals surface area contributed by atoms with Gasteiger partial charge in [-0.05, 0) is 26.2 Å². The van der Waals surface area contributed by atoms with Crippen molar-refractivity contribution in [2.75, 3.05) is 13.1 Å². The summed E-state index contributed by atoms with van der Waals surface area (Å²) in [5, 5.41) is 10.3. The maximum atomic E-state index is 12.2. The number of amides is 1. The van der Waals surface area contributed by atoms with Gasteiger partial charge in [-0.2, -0.15) is 0 Å². The molecule has 0 spiro atoms. The average Bonchev–Trinajstić information content (AvgIpc) is 2.45. The molecular formula is C15H23N3O2. The molecule has 1 aliphatic rings. The van der Waals surface area contributed by atoms with Crippen molar-refractivity contribution in [3.8, 4) is 0 Å². The Bertz CT molecular complexity index is 448. The van der Waals surface area contributed by atoms with E-state index in [9.17, 15) is 9.90 Å². The number of aromatic nitrogens is 2. The van der Waals surface area contributed by atoms with Gasteiger partial charge in [0.2, 0.25) is 5.91 Å². The highest BCUT2D eigenvalue weighted by molar-refractivity contribution is 5.76. The molecule has 1 amide bonds. The number of aryl methyl sites for hydroxylation is 1. The summed E-state index contributed by atoms with van der Waals surface area (Å²) in [6.07, 6.45) is 7.59. The van der Waals surface area contributed by atoms with Gasteiger partial charge in [0.25, 0.3) is 0 Å². The normalized spacial score (nSPS) is 26.6. The minimum Gasteiger partial charge on any atom is -0.390 e. The number of rotatable bonds is 4. The van der Waals surface area contributed by atoms with Gasteiger partial charge in [-0.25, -0.2) is 0 Å². The number of likely N-dealkylation sites (tertiary alicyclic amines) is 1. The molecule has 1 aliphatic heterocycles. The summed E-state index contributed by atoms with van der Waals surface area (Å²) in [6, 6.07) is 0. The Hall–Kier alpha value is -1.49. The molecule has 2 rings (SSSR count). The molecule has 20 heavy (non-hydrogen) atoms. The van der Waals surface area contributed by atoms with E-state index in [-0.39, 0.29) is 11.8 Å². The van der Waals surface area contributed by atoms with Gasteiger partial charge in [-0.1, -0.05) is 6.92 Å². The van der Waals surface area contributed by atoms with E-state index in [1.165, 1.54) is 0 Å². The van der Waals surface area contributed by atoms with Gasteiger partial charge in [0.05, 0.1) is 11.3 Å². The second kappa shape index (κ2) is 6.31. The van der Waals surface area contributed by atoms with E-state index in [0.29, 0.717) is 32.4 Å². The third-order valence-electron chi connectivity index (χ3n) is 4.27. The molecule has 2 heterocycles. The summed E-state index contributed by atoms with van der Waals surface area (Å²) in [5.74, 6) is 0.307. The summed E-state index contributed by atoms with van der Waals surface area (Å²) >= 11 is 0. The second-order valence-corrected chi connectivity index (χ2v) is 5.75. The molecule has 0 aromatic carbocycles. The Labute approximate surface area is 120 Å². The van der Waals surface area contributed by atoms with Crippen LogP contribution in [-0.2, 0) is 11.2 Å². The largest absolute Gasteiger partial charge is 0.390 e. The van der Waals surface area contributed by atoms with E-state index in [1.54, 1.807) is 18.6 Å². The molecule has 0 saturated carbocycles. The molecule has 0 radical (unpaired) electrons. The summed E-state index contributed by atoms with van der Waals surface area (Å²) in [5.41, 5.74) is 0.202. The Morgan fingerprint density at radius 2 is 2.35 bits per heavy atom. The molecular weight excluding hydrogens is 254 g/mol. The van der Waals surface area contributed by atoms with Gasteiger partial charge in [0.15, 0.2) is 0 Å². The molecule has 1 saturated heterocycles. The molecule has 1 aromatic heterocycles. The van der Waals surface area contributed by atoms with Crippen LogP contribution >= 0.6 is 0 Å². The van der Waals surface area contributed by atoms with Crippen LogP contribution in [0.4, 0.5) is 0 Å². The van der Waals surface area contributed by atoms with E-state index in [1.807, 2.05) is 11.8 Å². The Morgan fingerprint density at radius 1 is 1.55 bits per heavy atom. The maximum Gasteiger partial charge on any atom is 0.222 e. The number of carbonyl (C=O) groups excluding carboxylic acids is 1. The van der Waals surface area contributed by atoms with Crippen LogP contribution in [0.5, 0.6) is 0 Å². The first-order valence-corrected chi connectivity index (χ1v) is 7.28. The lowest BCUT2D eigenvalue weighted by Crippen LogP contribution is -2.51. The Kier molecular flexibility index (Phi) is 4.70. The summed E-state index contributed by atoms with van der Waals surface area (Å²) in [4.78, 5) is 22.3. The molecule has 1 fully saturated rings. The summed E-state index contributed by atoms with van der Waals surface area (Å²) in [6.45, 7) is 5.24. The first-order valence-electron chi connectivity index (χ1n) is 7.28. The van der Waals surface area contributed by atoms with Gasteiger partial charge in [-0.3, -0.25) is 14.8 Å². The fourth-order valence-electron chi connectivity index (χ4n) is 2.77. The third-order valence-corrected chi connectivity index (χ3v) is 4.27. The molecule has 1 N–H and O–H groups in total. The molecule has 5 heteroatoms. The molecule has 110 valence electrons. The van der Waals surface area contributed by atoms with E-state index in [0.717, 1.165) is 12.1 Å². The van der Waals surface area contributed by atoms with E-state index < -0.39 is 5.60 Å². The van der Waals surface area contributed by atoms with Crippen molar-refractivity contribution in [1.29, 1.82) is 0 Å². The first kappa shape index (κ1) is 14.9. The van der Waals surface area contributed by atoms with Crippen LogP contribution in [0, 0.1) is 5.92 Å². The van der Waals surface area contributed by atoms with Gasteiger partial charge in [-0.15, -0.1) is 0 Å². The lowest BCUT2D eigenvalue weighted by molar-refractivity contribution is -0.138. The highest BCUT2D eigenvalue weighted by atomic mass is 16.3. The summed E-state index contributed by atoms with van der Waals surface area (Å²) in [7, 11) is 0. The van der Waals surface area contributed by atoms with Crippen LogP contribution in [-0.4, -0.2) is 44.6 Å². The van der Waals surface area contributed by atoms with Gasteiger partial charge in [0.1, 0.15) is 0 Å². The van der Waals surface area contributed by atoms with Crippen LogP contribution in [0.1, 0.15) is 38.8 Å². The standard InChI is InChI=1S/C15H23N3O2/c1-3-12-11-18(9-6-15(12,2)20)14(19)5-4-13-10-16-7-8-17-13/h7-8,10,12,20H,3-6,9,11H2,1-2H3/t12-,15+/m1/s1. The van der Waals surface area contributed by atoms with Crippen molar-refractivity contribution in [1.82, 2.24) is 14.9 Å². The smallest absolute Gasteiger partial charge is 0.222 e. The van der Waals surface area contributed by atoms with Gasteiger partial charge >= 0.3 is 0 Å². The van der Waals surface area contributed by atoms with E-state index in [2.05, 4.69) is 16.9 Å². The molecule has 2 atom stereocenters. The minimum absolute atomic E-state index is 0.143.